The number of ether oxygens (including phenoxy) is 1. The van der Waals surface area contributed by atoms with Crippen LogP contribution in [0.15, 0.2) is 42.5 Å². The van der Waals surface area contributed by atoms with Gasteiger partial charge in [0, 0.05) is 11.1 Å². The fraction of sp³-hybridized carbons (Fsp3) is 0.0667. The van der Waals surface area contributed by atoms with Gasteiger partial charge in [-0.15, -0.1) is 0 Å². The van der Waals surface area contributed by atoms with Gasteiger partial charge in [0.15, 0.2) is 5.69 Å². The number of carbonyl (C=O) groups is 1. The molecule has 0 saturated heterocycles. The van der Waals surface area contributed by atoms with Gasteiger partial charge in [0.2, 0.25) is 0 Å². The molecule has 0 N–H and O–H groups in total. The van der Waals surface area contributed by atoms with Gasteiger partial charge in [0.1, 0.15) is 12.0 Å². The lowest BCUT2D eigenvalue weighted by molar-refractivity contribution is 0.112. The van der Waals surface area contributed by atoms with E-state index in [1.165, 1.54) is 0 Å². The SMILES string of the molecule is [C-]#[N+]c1ccc(-c2cc(C=O)ccc2OC)cc1. The van der Waals surface area contributed by atoms with Gasteiger partial charge in [-0.3, -0.25) is 4.79 Å². The van der Waals surface area contributed by atoms with E-state index < -0.39 is 0 Å². The summed E-state index contributed by atoms with van der Waals surface area (Å²) in [5.41, 5.74) is 2.95. The second kappa shape index (κ2) is 5.15. The zero-order chi connectivity index (χ0) is 13.0. The van der Waals surface area contributed by atoms with Crippen LogP contribution in [0.4, 0.5) is 5.69 Å². The lowest BCUT2D eigenvalue weighted by atomic mass is 10.0. The van der Waals surface area contributed by atoms with Crippen molar-refractivity contribution < 1.29 is 9.53 Å². The topological polar surface area (TPSA) is 30.7 Å². The van der Waals surface area contributed by atoms with Gasteiger partial charge in [-0.05, 0) is 23.8 Å². The van der Waals surface area contributed by atoms with Crippen LogP contribution in [0.3, 0.4) is 0 Å². The molecule has 0 amide bonds. The predicted octanol–water partition coefficient (Wildman–Crippen LogP) is 3.73. The molecule has 0 aliphatic carbocycles. The summed E-state index contributed by atoms with van der Waals surface area (Å²) in [6.45, 7) is 6.92. The summed E-state index contributed by atoms with van der Waals surface area (Å²) in [4.78, 5) is 14.2. The van der Waals surface area contributed by atoms with Crippen LogP contribution in [0.1, 0.15) is 10.4 Å². The molecule has 0 unspecified atom stereocenters. The summed E-state index contributed by atoms with van der Waals surface area (Å²) in [5.74, 6) is 0.705. The predicted molar refractivity (Wildman–Crippen MR) is 70.1 cm³/mol. The highest BCUT2D eigenvalue weighted by Gasteiger charge is 2.06. The van der Waals surface area contributed by atoms with Crippen molar-refractivity contribution in [2.24, 2.45) is 0 Å². The first-order valence-electron chi connectivity index (χ1n) is 5.39. The average molecular weight is 237 g/mol. The largest absolute Gasteiger partial charge is 0.496 e. The minimum absolute atomic E-state index is 0.587. The second-order valence-electron chi connectivity index (χ2n) is 3.74. The number of hydrogen-bond donors (Lipinski definition) is 0. The van der Waals surface area contributed by atoms with Gasteiger partial charge in [-0.1, -0.05) is 24.3 Å². The Morgan fingerprint density at radius 1 is 1.17 bits per heavy atom. The van der Waals surface area contributed by atoms with E-state index in [0.717, 1.165) is 17.4 Å². The highest BCUT2D eigenvalue weighted by atomic mass is 16.5. The Balaban J connectivity index is 2.53. The number of benzene rings is 2. The molecule has 0 saturated carbocycles. The third-order valence-corrected chi connectivity index (χ3v) is 2.67. The monoisotopic (exact) mass is 237 g/mol. The Bertz CT molecular complexity index is 609. The summed E-state index contributed by atoms with van der Waals surface area (Å²) in [5, 5.41) is 0. The van der Waals surface area contributed by atoms with Crippen LogP contribution in [0, 0.1) is 6.57 Å². The molecule has 0 aliphatic rings. The Kier molecular flexibility index (Phi) is 3.40. The molecule has 0 spiro atoms. The highest BCUT2D eigenvalue weighted by Crippen LogP contribution is 2.31. The molecular weight excluding hydrogens is 226 g/mol. The number of carbonyl (C=O) groups excluding carboxylic acids is 1. The first-order chi connectivity index (χ1) is 8.78. The maximum atomic E-state index is 10.8. The zero-order valence-corrected chi connectivity index (χ0v) is 9.88. The van der Waals surface area contributed by atoms with Crippen molar-refractivity contribution in [1.29, 1.82) is 0 Å². The Morgan fingerprint density at radius 3 is 2.44 bits per heavy atom. The van der Waals surface area contributed by atoms with E-state index in [1.54, 1.807) is 37.4 Å². The van der Waals surface area contributed by atoms with Crippen LogP contribution in [0.5, 0.6) is 5.75 Å². The Labute approximate surface area is 105 Å². The fourth-order valence-corrected chi connectivity index (χ4v) is 1.74. The van der Waals surface area contributed by atoms with Crippen molar-refractivity contribution in [2.45, 2.75) is 0 Å². The van der Waals surface area contributed by atoms with Gasteiger partial charge in [-0.25, -0.2) is 4.85 Å². The van der Waals surface area contributed by atoms with Crippen molar-refractivity contribution in [1.82, 2.24) is 0 Å². The molecule has 0 aliphatic heterocycles. The number of hydrogen-bond acceptors (Lipinski definition) is 2. The fourth-order valence-electron chi connectivity index (χ4n) is 1.74. The van der Waals surface area contributed by atoms with Gasteiger partial charge >= 0.3 is 0 Å². The smallest absolute Gasteiger partial charge is 0.187 e. The van der Waals surface area contributed by atoms with Crippen molar-refractivity contribution in [3.63, 3.8) is 0 Å². The molecular formula is C15H11NO2. The molecule has 18 heavy (non-hydrogen) atoms. The normalized spacial score (nSPS) is 9.56. The molecule has 3 nitrogen and oxygen atoms in total. The minimum atomic E-state index is 0.587. The van der Waals surface area contributed by atoms with E-state index in [-0.39, 0.29) is 0 Å². The van der Waals surface area contributed by atoms with Crippen molar-refractivity contribution >= 4 is 12.0 Å². The number of nitrogens with zero attached hydrogens (tertiary/aromatic N) is 1. The highest BCUT2D eigenvalue weighted by molar-refractivity contribution is 5.82. The molecule has 2 aromatic rings. The first-order valence-corrected chi connectivity index (χ1v) is 5.39. The van der Waals surface area contributed by atoms with E-state index in [9.17, 15) is 4.79 Å². The van der Waals surface area contributed by atoms with E-state index in [1.807, 2.05) is 12.1 Å². The number of rotatable bonds is 3. The molecule has 0 aromatic heterocycles. The Morgan fingerprint density at radius 2 is 1.89 bits per heavy atom. The van der Waals surface area contributed by atoms with Crippen LogP contribution in [-0.4, -0.2) is 13.4 Å². The molecule has 0 radical (unpaired) electrons. The molecule has 0 atom stereocenters. The van der Waals surface area contributed by atoms with Gasteiger partial charge in [0.25, 0.3) is 0 Å². The van der Waals surface area contributed by atoms with Gasteiger partial charge < -0.3 is 4.74 Å². The number of aldehydes is 1. The summed E-state index contributed by atoms with van der Waals surface area (Å²) in [6.07, 6.45) is 0.802. The van der Waals surface area contributed by atoms with E-state index >= 15 is 0 Å². The van der Waals surface area contributed by atoms with E-state index in [0.29, 0.717) is 17.0 Å². The zero-order valence-electron chi connectivity index (χ0n) is 9.88. The lowest BCUT2D eigenvalue weighted by Gasteiger charge is -2.09. The van der Waals surface area contributed by atoms with Gasteiger partial charge in [0.05, 0.1) is 13.7 Å². The lowest BCUT2D eigenvalue weighted by Crippen LogP contribution is -1.90. The van der Waals surface area contributed by atoms with Crippen LogP contribution in [-0.2, 0) is 0 Å². The van der Waals surface area contributed by atoms with Crippen molar-refractivity contribution in [2.75, 3.05) is 7.11 Å². The summed E-state index contributed by atoms with van der Waals surface area (Å²) >= 11 is 0. The van der Waals surface area contributed by atoms with Crippen LogP contribution < -0.4 is 4.74 Å². The van der Waals surface area contributed by atoms with Crippen molar-refractivity contribution in [3.05, 3.63) is 59.4 Å². The molecule has 0 bridgehead atoms. The molecule has 88 valence electrons. The summed E-state index contributed by atoms with van der Waals surface area (Å²) in [6, 6.07) is 12.4. The average Bonchev–Trinajstić information content (AvgIpc) is 2.46. The molecule has 2 rings (SSSR count). The standard InChI is InChI=1S/C15H11NO2/c1-16-13-6-4-12(5-7-13)14-9-11(10-17)3-8-15(14)18-2/h3-10H,2H3. The maximum absolute atomic E-state index is 10.8. The Hall–Kier alpha value is -2.60. The van der Waals surface area contributed by atoms with Crippen LogP contribution in [0.2, 0.25) is 0 Å². The van der Waals surface area contributed by atoms with Crippen molar-refractivity contribution in [3.8, 4) is 16.9 Å². The molecule has 0 fully saturated rings. The molecule has 2 aromatic carbocycles. The van der Waals surface area contributed by atoms with Crippen LogP contribution in [0.25, 0.3) is 16.0 Å². The first kappa shape index (κ1) is 11.9. The van der Waals surface area contributed by atoms with E-state index in [2.05, 4.69) is 4.85 Å². The third-order valence-electron chi connectivity index (χ3n) is 2.67. The quantitative estimate of drug-likeness (QED) is 0.601. The minimum Gasteiger partial charge on any atom is -0.496 e. The van der Waals surface area contributed by atoms with Gasteiger partial charge in [-0.2, -0.15) is 0 Å². The number of methoxy groups -OCH3 is 1. The van der Waals surface area contributed by atoms with E-state index in [4.69, 9.17) is 11.3 Å². The molecule has 3 heteroatoms. The summed E-state index contributed by atoms with van der Waals surface area (Å²) < 4.78 is 5.28. The van der Waals surface area contributed by atoms with Crippen LogP contribution >= 0.6 is 0 Å². The third kappa shape index (κ3) is 2.23. The molecule has 0 heterocycles. The maximum Gasteiger partial charge on any atom is 0.187 e. The summed E-state index contributed by atoms with van der Waals surface area (Å²) in [7, 11) is 1.59. The second-order valence-corrected chi connectivity index (χ2v) is 3.74.